The number of hydrogen-bond acceptors (Lipinski definition) is 3. The summed E-state index contributed by atoms with van der Waals surface area (Å²) in [6.07, 6.45) is 1.98. The molecule has 0 aliphatic carbocycles. The SMILES string of the molecule is CC(C)c1cccc(C(C)C)c1-c1ccnc(-n2c3[c-]c(C(c4[c-]c(N5CN(C(C)C)c6ccccc65)ccc4)(c4ccccc4)c4ccccc4)ccc3c3ccccc32)c1.[Pt+2]. The van der Waals surface area contributed by atoms with Crippen LogP contribution in [0, 0.1) is 12.1 Å². The molecular weight excluding hydrogens is 948 g/mol. The van der Waals surface area contributed by atoms with E-state index < -0.39 is 5.41 Å². The number of pyridine rings is 1. The fourth-order valence-corrected chi connectivity index (χ4v) is 9.96. The van der Waals surface area contributed by atoms with E-state index in [1.165, 1.54) is 39.0 Å². The second-order valence-corrected chi connectivity index (χ2v) is 17.6. The van der Waals surface area contributed by atoms with Crippen LogP contribution < -0.4 is 9.80 Å². The molecule has 7 aromatic carbocycles. The van der Waals surface area contributed by atoms with E-state index in [9.17, 15) is 0 Å². The Labute approximate surface area is 387 Å². The molecule has 9 aromatic rings. The van der Waals surface area contributed by atoms with Crippen LogP contribution in [0.15, 0.2) is 176 Å². The summed E-state index contributed by atoms with van der Waals surface area (Å²) in [7, 11) is 0. The van der Waals surface area contributed by atoms with Crippen molar-refractivity contribution in [2.75, 3.05) is 16.5 Å². The Kier molecular flexibility index (Phi) is 11.5. The van der Waals surface area contributed by atoms with Crippen LogP contribution in [0.25, 0.3) is 38.8 Å². The zero-order valence-electron chi connectivity index (χ0n) is 36.8. The molecule has 314 valence electrons. The normalized spacial score (nSPS) is 12.8. The van der Waals surface area contributed by atoms with Gasteiger partial charge in [-0.05, 0) is 94.8 Å². The summed E-state index contributed by atoms with van der Waals surface area (Å²) in [5.41, 5.74) is 14.4. The average Bonchev–Trinajstić information content (AvgIpc) is 3.86. The van der Waals surface area contributed by atoms with Crippen LogP contribution in [0.2, 0.25) is 0 Å². The van der Waals surface area contributed by atoms with E-state index >= 15 is 0 Å². The Balaban J connectivity index is 0.00000504. The van der Waals surface area contributed by atoms with Crippen molar-refractivity contribution in [1.82, 2.24) is 9.55 Å². The first-order chi connectivity index (χ1) is 30.3. The minimum Gasteiger partial charge on any atom is -0.349 e. The molecular formula is C58H52N4Pt. The van der Waals surface area contributed by atoms with E-state index in [2.05, 4.69) is 238 Å². The van der Waals surface area contributed by atoms with Gasteiger partial charge in [-0.1, -0.05) is 148 Å². The molecule has 0 N–H and O–H groups in total. The van der Waals surface area contributed by atoms with Crippen molar-refractivity contribution in [3.8, 4) is 16.9 Å². The standard InChI is InChI=1S/C58H52N4.Pt/c1-39(2)48-26-18-27-49(40(3)4)57(48)42-33-34-59-56(35-42)62-52-28-14-13-25-50(52)51-32-31-46(37-55(51)62)58(43-19-9-7-10-20-43,44-21-11-8-12-22-44)45-23-17-24-47(36-45)61-38-60(41(5)6)53-29-15-16-30-54(53)61;/h7-35,39-41H,38H2,1-6H3;/q-2;+2. The van der Waals surface area contributed by atoms with E-state index in [1.54, 1.807) is 0 Å². The molecule has 5 heteroatoms. The van der Waals surface area contributed by atoms with Crippen LogP contribution >= 0.6 is 0 Å². The van der Waals surface area contributed by atoms with Gasteiger partial charge in [-0.2, -0.15) is 36.4 Å². The minimum absolute atomic E-state index is 0. The van der Waals surface area contributed by atoms with Crippen molar-refractivity contribution in [3.63, 3.8) is 0 Å². The number of rotatable bonds is 10. The third kappa shape index (κ3) is 7.10. The molecule has 63 heavy (non-hydrogen) atoms. The smallest absolute Gasteiger partial charge is 0.349 e. The third-order valence-corrected chi connectivity index (χ3v) is 12.9. The summed E-state index contributed by atoms with van der Waals surface area (Å²) in [6.45, 7) is 14.4. The second kappa shape index (κ2) is 17.2. The number of hydrogen-bond donors (Lipinski definition) is 0. The number of nitrogens with zero attached hydrogens (tertiary/aromatic N) is 4. The zero-order valence-corrected chi connectivity index (χ0v) is 39.1. The number of fused-ring (bicyclic) bond motifs is 4. The monoisotopic (exact) mass is 999 g/mol. The molecule has 0 unspecified atom stereocenters. The third-order valence-electron chi connectivity index (χ3n) is 12.9. The van der Waals surface area contributed by atoms with Gasteiger partial charge in [0.2, 0.25) is 0 Å². The topological polar surface area (TPSA) is 24.3 Å². The number of anilines is 3. The number of para-hydroxylation sites is 3. The average molecular weight is 1000 g/mol. The van der Waals surface area contributed by atoms with Crippen molar-refractivity contribution >= 4 is 38.9 Å². The quantitative estimate of drug-likeness (QED) is 0.101. The van der Waals surface area contributed by atoms with Gasteiger partial charge in [-0.15, -0.1) is 22.6 Å². The van der Waals surface area contributed by atoms with E-state index in [0.29, 0.717) is 17.9 Å². The second-order valence-electron chi connectivity index (χ2n) is 17.6. The Morgan fingerprint density at radius 1 is 0.556 bits per heavy atom. The summed E-state index contributed by atoms with van der Waals surface area (Å²) in [5.74, 6) is 1.62. The summed E-state index contributed by atoms with van der Waals surface area (Å²) in [4.78, 5) is 10.0. The van der Waals surface area contributed by atoms with Gasteiger partial charge in [0.05, 0.1) is 18.0 Å². The molecule has 0 saturated heterocycles. The van der Waals surface area contributed by atoms with Crippen LogP contribution in [0.4, 0.5) is 17.1 Å². The first kappa shape index (κ1) is 42.1. The van der Waals surface area contributed by atoms with Crippen LogP contribution in [-0.4, -0.2) is 22.3 Å². The molecule has 0 atom stereocenters. The maximum Gasteiger partial charge on any atom is 2.00 e. The molecule has 2 aromatic heterocycles. The molecule has 1 aliphatic heterocycles. The Bertz CT molecular complexity index is 2990. The Hall–Kier alpha value is -6.22. The Morgan fingerprint density at radius 3 is 1.83 bits per heavy atom. The summed E-state index contributed by atoms with van der Waals surface area (Å²) in [5, 5.41) is 2.31. The molecule has 0 saturated carbocycles. The van der Waals surface area contributed by atoms with Gasteiger partial charge >= 0.3 is 21.1 Å². The van der Waals surface area contributed by atoms with Gasteiger partial charge in [-0.25, -0.2) is 4.98 Å². The molecule has 0 amide bonds. The van der Waals surface area contributed by atoms with Gasteiger partial charge in [0.25, 0.3) is 0 Å². The maximum atomic E-state index is 5.14. The van der Waals surface area contributed by atoms with Gasteiger partial charge in [0, 0.05) is 23.2 Å². The van der Waals surface area contributed by atoms with Crippen molar-refractivity contribution in [2.45, 2.75) is 64.8 Å². The molecule has 3 heterocycles. The molecule has 1 aliphatic rings. The maximum absolute atomic E-state index is 5.14. The van der Waals surface area contributed by atoms with Crippen LogP contribution in [0.5, 0.6) is 0 Å². The fourth-order valence-electron chi connectivity index (χ4n) is 9.96. The summed E-state index contributed by atoms with van der Waals surface area (Å²) in [6, 6.07) is 70.4. The molecule has 0 radical (unpaired) electrons. The number of aromatic nitrogens is 2. The van der Waals surface area contributed by atoms with Crippen LogP contribution in [0.1, 0.15) is 86.8 Å². The van der Waals surface area contributed by atoms with Gasteiger partial charge in [-0.3, -0.25) is 0 Å². The van der Waals surface area contributed by atoms with Crippen molar-refractivity contribution in [2.24, 2.45) is 0 Å². The molecule has 0 spiro atoms. The predicted octanol–water partition coefficient (Wildman–Crippen LogP) is 14.4. The zero-order chi connectivity index (χ0) is 42.5. The van der Waals surface area contributed by atoms with Gasteiger partial charge < -0.3 is 14.4 Å². The first-order valence-electron chi connectivity index (χ1n) is 22.1. The fraction of sp³-hybridized carbons (Fsp3) is 0.190. The van der Waals surface area contributed by atoms with Crippen molar-refractivity contribution < 1.29 is 21.1 Å². The van der Waals surface area contributed by atoms with Gasteiger partial charge in [0.1, 0.15) is 5.82 Å². The predicted molar refractivity (Wildman–Crippen MR) is 259 cm³/mol. The Morgan fingerprint density at radius 2 is 1.16 bits per heavy atom. The molecule has 10 rings (SSSR count). The molecule has 0 bridgehead atoms. The van der Waals surface area contributed by atoms with E-state index in [-0.39, 0.29) is 21.1 Å². The summed E-state index contributed by atoms with van der Waals surface area (Å²) < 4.78 is 2.33. The molecule has 0 fully saturated rings. The minimum atomic E-state index is -0.775. The van der Waals surface area contributed by atoms with Crippen molar-refractivity contribution in [1.29, 1.82) is 0 Å². The van der Waals surface area contributed by atoms with Crippen molar-refractivity contribution in [3.05, 3.63) is 222 Å². The largest absolute Gasteiger partial charge is 2.00 e. The van der Waals surface area contributed by atoms with E-state index in [0.717, 1.165) is 56.8 Å². The first-order valence-corrected chi connectivity index (χ1v) is 22.1. The molecule has 4 nitrogen and oxygen atoms in total. The van der Waals surface area contributed by atoms with E-state index in [1.807, 2.05) is 6.20 Å². The summed E-state index contributed by atoms with van der Waals surface area (Å²) >= 11 is 0. The number of benzene rings is 7. The van der Waals surface area contributed by atoms with E-state index in [4.69, 9.17) is 4.98 Å². The van der Waals surface area contributed by atoms with Gasteiger partial charge in [0.15, 0.2) is 0 Å². The van der Waals surface area contributed by atoms with Crippen LogP contribution in [-0.2, 0) is 26.5 Å². The van der Waals surface area contributed by atoms with Crippen LogP contribution in [0.3, 0.4) is 0 Å².